The summed E-state index contributed by atoms with van der Waals surface area (Å²) in [7, 11) is 0. The van der Waals surface area contributed by atoms with Crippen molar-refractivity contribution in [2.45, 2.75) is 6.92 Å². The zero-order valence-corrected chi connectivity index (χ0v) is 11.9. The highest BCUT2D eigenvalue weighted by Gasteiger charge is 2.22. The molecule has 1 aromatic carbocycles. The van der Waals surface area contributed by atoms with Gasteiger partial charge in [0.2, 0.25) is 0 Å². The van der Waals surface area contributed by atoms with Gasteiger partial charge in [-0.2, -0.15) is 0 Å². The Bertz CT molecular complexity index is 455. The molecule has 0 aliphatic rings. The van der Waals surface area contributed by atoms with Crippen LogP contribution in [-0.2, 0) is 0 Å². The molecule has 8 heteroatoms. The number of carbonyl (C=O) groups excluding carboxylic acids is 1. The zero-order chi connectivity index (χ0) is 13.5. The molecule has 1 rings (SSSR count). The van der Waals surface area contributed by atoms with Crippen LogP contribution in [0.1, 0.15) is 17.3 Å². The van der Waals surface area contributed by atoms with Crippen molar-refractivity contribution < 1.29 is 9.72 Å². The van der Waals surface area contributed by atoms with Crippen molar-refractivity contribution in [2.75, 3.05) is 19.6 Å². The molecular weight excluding hydrogens is 293 g/mol. The predicted molar refractivity (Wildman–Crippen MR) is 76.2 cm³/mol. The van der Waals surface area contributed by atoms with Gasteiger partial charge in [-0.25, -0.2) is 0 Å². The number of amides is 1. The third-order valence-electron chi connectivity index (χ3n) is 2.25. The van der Waals surface area contributed by atoms with Crippen LogP contribution in [0.4, 0.5) is 5.69 Å². The molecule has 0 unspecified atom stereocenters. The molecule has 0 aliphatic heterocycles. The number of hydrogen-bond donors (Lipinski definition) is 2. The number of nitrogens with one attached hydrogen (secondary N) is 2. The molecule has 0 fully saturated rings. The van der Waals surface area contributed by atoms with Gasteiger partial charge in [-0.3, -0.25) is 14.9 Å². The molecule has 1 amide bonds. The van der Waals surface area contributed by atoms with Crippen LogP contribution in [-0.4, -0.2) is 30.5 Å². The Morgan fingerprint density at radius 3 is 2.68 bits per heavy atom. The van der Waals surface area contributed by atoms with Crippen LogP contribution < -0.4 is 10.6 Å². The van der Waals surface area contributed by atoms with Crippen molar-refractivity contribution in [1.29, 1.82) is 0 Å². The predicted octanol–water partition coefficient (Wildman–Crippen LogP) is 2.01. The fourth-order valence-electron chi connectivity index (χ4n) is 1.42. The average molecular weight is 308 g/mol. The highest BCUT2D eigenvalue weighted by Crippen LogP contribution is 2.27. The lowest BCUT2D eigenvalue weighted by atomic mass is 10.1. The van der Waals surface area contributed by atoms with Gasteiger partial charge in [0, 0.05) is 13.1 Å². The first-order chi connectivity index (χ1) is 8.57. The summed E-state index contributed by atoms with van der Waals surface area (Å²) in [5.74, 6) is -0.498. The maximum Gasteiger partial charge on any atom is 0.300 e. The average Bonchev–Trinajstić information content (AvgIpc) is 2.33. The van der Waals surface area contributed by atoms with E-state index in [4.69, 9.17) is 11.6 Å². The van der Waals surface area contributed by atoms with Crippen molar-refractivity contribution >= 4 is 35.6 Å². The summed E-state index contributed by atoms with van der Waals surface area (Å²) in [5.41, 5.74) is -0.385. The summed E-state index contributed by atoms with van der Waals surface area (Å²) in [6.07, 6.45) is 0. The summed E-state index contributed by atoms with van der Waals surface area (Å²) in [6.45, 7) is 3.75. The molecule has 0 aromatic heterocycles. The fraction of sp³-hybridized carbons (Fsp3) is 0.364. The number of benzene rings is 1. The molecule has 0 radical (unpaired) electrons. The summed E-state index contributed by atoms with van der Waals surface area (Å²) >= 11 is 5.72. The second-order valence-corrected chi connectivity index (χ2v) is 3.91. The minimum absolute atomic E-state index is 0. The second kappa shape index (κ2) is 8.68. The lowest BCUT2D eigenvalue weighted by molar-refractivity contribution is -0.385. The first kappa shape index (κ1) is 17.6. The zero-order valence-electron chi connectivity index (χ0n) is 10.3. The smallest absolute Gasteiger partial charge is 0.300 e. The van der Waals surface area contributed by atoms with E-state index < -0.39 is 10.8 Å². The first-order valence-electron chi connectivity index (χ1n) is 5.49. The van der Waals surface area contributed by atoms with Crippen LogP contribution in [0.15, 0.2) is 18.2 Å². The van der Waals surface area contributed by atoms with Crippen LogP contribution in [0, 0.1) is 10.1 Å². The molecule has 0 spiro atoms. The largest absolute Gasteiger partial charge is 0.351 e. The van der Waals surface area contributed by atoms with E-state index in [1.54, 1.807) is 0 Å². The molecule has 6 nitrogen and oxygen atoms in total. The van der Waals surface area contributed by atoms with E-state index in [9.17, 15) is 14.9 Å². The SMILES string of the molecule is CCNCCNC(=O)c1cccc(Cl)c1[N+](=O)[O-].Cl. The normalized spacial score (nSPS) is 9.58. The number of carbonyl (C=O) groups is 1. The second-order valence-electron chi connectivity index (χ2n) is 3.50. The molecule has 0 atom stereocenters. The maximum atomic E-state index is 11.8. The van der Waals surface area contributed by atoms with Crippen molar-refractivity contribution in [1.82, 2.24) is 10.6 Å². The standard InChI is InChI=1S/C11H14ClN3O3.ClH/c1-2-13-6-7-14-11(16)8-4-3-5-9(12)10(8)15(17)18;/h3-5,13H,2,6-7H2,1H3,(H,14,16);1H. The van der Waals surface area contributed by atoms with Gasteiger partial charge in [0.25, 0.3) is 5.91 Å². The fourth-order valence-corrected chi connectivity index (χ4v) is 1.66. The molecular formula is C11H15Cl2N3O3. The quantitative estimate of drug-likeness (QED) is 0.478. The minimum atomic E-state index is -0.651. The van der Waals surface area contributed by atoms with Gasteiger partial charge in [-0.05, 0) is 18.7 Å². The van der Waals surface area contributed by atoms with Gasteiger partial charge in [0.05, 0.1) is 4.92 Å². The number of nitro groups is 1. The summed E-state index contributed by atoms with van der Waals surface area (Å²) in [4.78, 5) is 22.0. The van der Waals surface area contributed by atoms with Gasteiger partial charge >= 0.3 is 5.69 Å². The third-order valence-corrected chi connectivity index (χ3v) is 2.56. The summed E-state index contributed by atoms with van der Waals surface area (Å²) in [5, 5.41) is 16.4. The molecule has 0 saturated heterocycles. The molecule has 0 bridgehead atoms. The van der Waals surface area contributed by atoms with Crippen LogP contribution in [0.25, 0.3) is 0 Å². The number of halogens is 2. The number of hydrogen-bond acceptors (Lipinski definition) is 4. The number of rotatable bonds is 6. The Labute approximate surface area is 122 Å². The number of para-hydroxylation sites is 1. The monoisotopic (exact) mass is 307 g/mol. The Kier molecular flexibility index (Phi) is 8.06. The van der Waals surface area contributed by atoms with Gasteiger partial charge in [-0.15, -0.1) is 12.4 Å². The molecule has 0 saturated carbocycles. The first-order valence-corrected chi connectivity index (χ1v) is 5.87. The number of likely N-dealkylation sites (N-methyl/N-ethyl adjacent to an activating group) is 1. The Balaban J connectivity index is 0.00000324. The van der Waals surface area contributed by atoms with Crippen molar-refractivity contribution in [3.63, 3.8) is 0 Å². The number of nitro benzene ring substituents is 1. The van der Waals surface area contributed by atoms with E-state index in [-0.39, 0.29) is 28.7 Å². The van der Waals surface area contributed by atoms with Crippen LogP contribution in [0.3, 0.4) is 0 Å². The molecule has 19 heavy (non-hydrogen) atoms. The van der Waals surface area contributed by atoms with Gasteiger partial charge in [0.15, 0.2) is 0 Å². The van der Waals surface area contributed by atoms with Crippen LogP contribution in [0.2, 0.25) is 5.02 Å². The van der Waals surface area contributed by atoms with Crippen molar-refractivity contribution in [3.05, 3.63) is 38.9 Å². The molecule has 0 aliphatic carbocycles. The van der Waals surface area contributed by atoms with Gasteiger partial charge < -0.3 is 10.6 Å². The third kappa shape index (κ3) is 5.02. The molecule has 0 heterocycles. The van der Waals surface area contributed by atoms with E-state index in [0.717, 1.165) is 6.54 Å². The Hall–Kier alpha value is -1.37. The van der Waals surface area contributed by atoms with Gasteiger partial charge in [0.1, 0.15) is 10.6 Å². The number of nitrogens with zero attached hydrogens (tertiary/aromatic N) is 1. The van der Waals surface area contributed by atoms with Gasteiger partial charge in [-0.1, -0.05) is 24.6 Å². The Morgan fingerprint density at radius 1 is 1.42 bits per heavy atom. The molecule has 2 N–H and O–H groups in total. The van der Waals surface area contributed by atoms with Crippen LogP contribution in [0.5, 0.6) is 0 Å². The minimum Gasteiger partial charge on any atom is -0.351 e. The summed E-state index contributed by atoms with van der Waals surface area (Å²) in [6, 6.07) is 4.27. The highest BCUT2D eigenvalue weighted by molar-refractivity contribution is 6.33. The van der Waals surface area contributed by atoms with Crippen molar-refractivity contribution in [3.8, 4) is 0 Å². The topological polar surface area (TPSA) is 84.3 Å². The van der Waals surface area contributed by atoms with Crippen LogP contribution >= 0.6 is 24.0 Å². The van der Waals surface area contributed by atoms with Crippen molar-refractivity contribution in [2.24, 2.45) is 0 Å². The van der Waals surface area contributed by atoms with E-state index in [0.29, 0.717) is 13.1 Å². The van der Waals surface area contributed by atoms with E-state index in [2.05, 4.69) is 10.6 Å². The molecule has 1 aromatic rings. The van der Waals surface area contributed by atoms with E-state index in [1.807, 2.05) is 6.92 Å². The maximum absolute atomic E-state index is 11.8. The lowest BCUT2D eigenvalue weighted by Crippen LogP contribution is -2.32. The summed E-state index contributed by atoms with van der Waals surface area (Å²) < 4.78 is 0. The molecule has 106 valence electrons. The Morgan fingerprint density at radius 2 is 2.11 bits per heavy atom. The lowest BCUT2D eigenvalue weighted by Gasteiger charge is -2.06. The van der Waals surface area contributed by atoms with E-state index >= 15 is 0 Å². The highest BCUT2D eigenvalue weighted by atomic mass is 35.5. The van der Waals surface area contributed by atoms with E-state index in [1.165, 1.54) is 18.2 Å².